The Hall–Kier alpha value is -1.12. The van der Waals surface area contributed by atoms with Gasteiger partial charge in [-0.25, -0.2) is 0 Å². The maximum Gasteiger partial charge on any atom is 0.311 e. The van der Waals surface area contributed by atoms with Crippen LogP contribution in [0.15, 0.2) is 12.2 Å². The number of ketones is 1. The van der Waals surface area contributed by atoms with Crippen molar-refractivity contribution in [2.45, 2.75) is 19.8 Å². The lowest BCUT2D eigenvalue weighted by Gasteiger charge is -2.21. The van der Waals surface area contributed by atoms with Crippen molar-refractivity contribution in [1.29, 1.82) is 0 Å². The Bertz CT molecular complexity index is 230. The molecule has 3 heteroatoms. The van der Waals surface area contributed by atoms with Gasteiger partial charge < -0.3 is 5.11 Å². The molecule has 2 unspecified atom stereocenters. The van der Waals surface area contributed by atoms with Gasteiger partial charge in [0.15, 0.2) is 0 Å². The zero-order chi connectivity index (χ0) is 9.14. The van der Waals surface area contributed by atoms with Gasteiger partial charge in [-0.15, -0.1) is 0 Å². The highest BCUT2D eigenvalue weighted by molar-refractivity contribution is 5.85. The first-order valence-corrected chi connectivity index (χ1v) is 4.03. The van der Waals surface area contributed by atoms with Gasteiger partial charge in [0.1, 0.15) is 5.78 Å². The first-order chi connectivity index (χ1) is 5.63. The number of hydrogen-bond acceptors (Lipinski definition) is 2. The molecule has 0 saturated carbocycles. The normalized spacial score (nSPS) is 28.4. The maximum absolute atomic E-state index is 11.0. The molecule has 0 aromatic rings. The van der Waals surface area contributed by atoms with E-state index in [0.29, 0.717) is 6.42 Å². The summed E-state index contributed by atoms with van der Waals surface area (Å²) in [6.07, 6.45) is 4.94. The van der Waals surface area contributed by atoms with Gasteiger partial charge >= 0.3 is 5.97 Å². The van der Waals surface area contributed by atoms with E-state index < -0.39 is 11.9 Å². The molecule has 0 aromatic heterocycles. The van der Waals surface area contributed by atoms with Crippen molar-refractivity contribution in [2.24, 2.45) is 11.8 Å². The molecule has 0 spiro atoms. The molecular formula is C9H12O3. The van der Waals surface area contributed by atoms with Crippen LogP contribution in [0.2, 0.25) is 0 Å². The van der Waals surface area contributed by atoms with Crippen LogP contribution in [-0.2, 0) is 9.59 Å². The summed E-state index contributed by atoms with van der Waals surface area (Å²) < 4.78 is 0. The largest absolute Gasteiger partial charge is 0.481 e. The zero-order valence-corrected chi connectivity index (χ0v) is 6.99. The van der Waals surface area contributed by atoms with Gasteiger partial charge in [-0.05, 0) is 19.8 Å². The maximum atomic E-state index is 11.0. The number of carboxylic acids is 1. The van der Waals surface area contributed by atoms with Crippen LogP contribution in [0.3, 0.4) is 0 Å². The van der Waals surface area contributed by atoms with Crippen molar-refractivity contribution in [3.63, 3.8) is 0 Å². The number of hydrogen-bond donors (Lipinski definition) is 1. The molecule has 66 valence electrons. The highest BCUT2D eigenvalue weighted by Crippen LogP contribution is 2.25. The molecule has 0 bridgehead atoms. The van der Waals surface area contributed by atoms with Crippen molar-refractivity contribution < 1.29 is 14.7 Å². The molecule has 1 N–H and O–H groups in total. The van der Waals surface area contributed by atoms with Gasteiger partial charge in [-0.2, -0.15) is 0 Å². The Morgan fingerprint density at radius 2 is 2.17 bits per heavy atom. The van der Waals surface area contributed by atoms with Crippen molar-refractivity contribution in [3.05, 3.63) is 12.2 Å². The van der Waals surface area contributed by atoms with Gasteiger partial charge in [0.05, 0.1) is 5.92 Å². The summed E-state index contributed by atoms with van der Waals surface area (Å²) in [6, 6.07) is 0. The summed E-state index contributed by atoms with van der Waals surface area (Å²) in [5.74, 6) is -1.83. The van der Waals surface area contributed by atoms with Gasteiger partial charge in [0.25, 0.3) is 0 Å². The molecule has 0 aliphatic heterocycles. The minimum Gasteiger partial charge on any atom is -0.481 e. The molecule has 0 amide bonds. The van der Waals surface area contributed by atoms with Crippen LogP contribution in [0.4, 0.5) is 0 Å². The van der Waals surface area contributed by atoms with Crippen molar-refractivity contribution >= 4 is 11.8 Å². The summed E-state index contributed by atoms with van der Waals surface area (Å²) in [4.78, 5) is 21.7. The van der Waals surface area contributed by atoms with Crippen molar-refractivity contribution in [1.82, 2.24) is 0 Å². The van der Waals surface area contributed by atoms with E-state index in [0.717, 1.165) is 6.42 Å². The first-order valence-electron chi connectivity index (χ1n) is 4.03. The van der Waals surface area contributed by atoms with Gasteiger partial charge in [-0.1, -0.05) is 12.2 Å². The van der Waals surface area contributed by atoms with Gasteiger partial charge in [0, 0.05) is 5.92 Å². The SMILES string of the molecule is CC(=O)C1CCC=CC1C(=O)O. The van der Waals surface area contributed by atoms with E-state index in [9.17, 15) is 9.59 Å². The molecule has 1 aliphatic carbocycles. The number of allylic oxidation sites excluding steroid dienone is 1. The molecular weight excluding hydrogens is 156 g/mol. The Balaban J connectivity index is 2.79. The summed E-state index contributed by atoms with van der Waals surface area (Å²) in [5, 5.41) is 8.75. The number of carbonyl (C=O) groups is 2. The highest BCUT2D eigenvalue weighted by Gasteiger charge is 2.30. The van der Waals surface area contributed by atoms with Crippen LogP contribution in [-0.4, -0.2) is 16.9 Å². The van der Waals surface area contributed by atoms with Gasteiger partial charge in [0.2, 0.25) is 0 Å². The van der Waals surface area contributed by atoms with Crippen LogP contribution in [0.1, 0.15) is 19.8 Å². The second-order valence-electron chi connectivity index (χ2n) is 3.09. The molecule has 0 aromatic carbocycles. The number of Topliss-reactive ketones (excluding diaryl/α,β-unsaturated/α-hetero) is 1. The number of carbonyl (C=O) groups excluding carboxylic acids is 1. The average Bonchev–Trinajstić information content (AvgIpc) is 2.04. The lowest BCUT2D eigenvalue weighted by molar-refractivity contribution is -0.144. The second kappa shape index (κ2) is 3.52. The summed E-state index contributed by atoms with van der Waals surface area (Å²) in [5.41, 5.74) is 0. The molecule has 0 heterocycles. The van der Waals surface area contributed by atoms with E-state index >= 15 is 0 Å². The second-order valence-corrected chi connectivity index (χ2v) is 3.09. The third-order valence-corrected chi connectivity index (χ3v) is 2.23. The molecule has 1 aliphatic rings. The number of carboxylic acid groups (broad SMARTS) is 1. The minimum absolute atomic E-state index is 0.0215. The monoisotopic (exact) mass is 168 g/mol. The van der Waals surface area contributed by atoms with Crippen LogP contribution < -0.4 is 0 Å². The molecule has 0 radical (unpaired) electrons. The fourth-order valence-corrected chi connectivity index (χ4v) is 1.54. The third kappa shape index (κ3) is 1.72. The van der Waals surface area contributed by atoms with E-state index in [2.05, 4.69) is 0 Å². The standard InChI is InChI=1S/C9H12O3/c1-6(10)7-4-2-3-5-8(7)9(11)12/h3,5,7-8H,2,4H2,1H3,(H,11,12). The molecule has 0 fully saturated rings. The van der Waals surface area contributed by atoms with Crippen molar-refractivity contribution in [3.8, 4) is 0 Å². The van der Waals surface area contributed by atoms with Crippen LogP contribution in [0.25, 0.3) is 0 Å². The zero-order valence-electron chi connectivity index (χ0n) is 6.99. The Morgan fingerprint density at radius 1 is 1.50 bits per heavy atom. The summed E-state index contributed by atoms with van der Waals surface area (Å²) in [6.45, 7) is 1.46. The predicted octanol–water partition coefficient (Wildman–Crippen LogP) is 1.24. The summed E-state index contributed by atoms with van der Waals surface area (Å²) >= 11 is 0. The van der Waals surface area contributed by atoms with Crippen LogP contribution >= 0.6 is 0 Å². The van der Waals surface area contributed by atoms with Crippen LogP contribution in [0, 0.1) is 11.8 Å². The lowest BCUT2D eigenvalue weighted by Crippen LogP contribution is -2.28. The molecule has 2 atom stereocenters. The molecule has 3 nitrogen and oxygen atoms in total. The predicted molar refractivity (Wildman–Crippen MR) is 43.7 cm³/mol. The van der Waals surface area contributed by atoms with Gasteiger partial charge in [-0.3, -0.25) is 9.59 Å². The molecule has 0 saturated heterocycles. The van der Waals surface area contributed by atoms with Crippen LogP contribution in [0.5, 0.6) is 0 Å². The van der Waals surface area contributed by atoms with E-state index in [-0.39, 0.29) is 11.7 Å². The average molecular weight is 168 g/mol. The Morgan fingerprint density at radius 3 is 2.58 bits per heavy atom. The lowest BCUT2D eigenvalue weighted by atomic mass is 9.82. The molecule has 1 rings (SSSR count). The highest BCUT2D eigenvalue weighted by atomic mass is 16.4. The third-order valence-electron chi connectivity index (χ3n) is 2.23. The first kappa shape index (κ1) is 8.97. The number of rotatable bonds is 2. The number of aliphatic carboxylic acids is 1. The fourth-order valence-electron chi connectivity index (χ4n) is 1.54. The summed E-state index contributed by atoms with van der Waals surface area (Å²) in [7, 11) is 0. The van der Waals surface area contributed by atoms with E-state index in [4.69, 9.17) is 5.11 Å². The smallest absolute Gasteiger partial charge is 0.311 e. The minimum atomic E-state index is -0.897. The Labute approximate surface area is 71.1 Å². The van der Waals surface area contributed by atoms with E-state index in [1.165, 1.54) is 6.92 Å². The topological polar surface area (TPSA) is 54.4 Å². The fraction of sp³-hybridized carbons (Fsp3) is 0.556. The molecule has 12 heavy (non-hydrogen) atoms. The Kier molecular flexibility index (Phi) is 2.63. The van der Waals surface area contributed by atoms with E-state index in [1.54, 1.807) is 6.08 Å². The van der Waals surface area contributed by atoms with E-state index in [1.807, 2.05) is 6.08 Å². The van der Waals surface area contributed by atoms with Crippen molar-refractivity contribution in [2.75, 3.05) is 0 Å². The quantitative estimate of drug-likeness (QED) is 0.631.